The zero-order valence-corrected chi connectivity index (χ0v) is 18.5. The number of hydrogen-bond acceptors (Lipinski definition) is 4. The van der Waals surface area contributed by atoms with Crippen LogP contribution in [-0.2, 0) is 39.3 Å². The van der Waals surface area contributed by atoms with Crippen LogP contribution < -0.4 is 5.56 Å². The van der Waals surface area contributed by atoms with Crippen LogP contribution in [0.1, 0.15) is 26.3 Å². The first-order chi connectivity index (χ1) is 10.6. The maximum absolute atomic E-state index is 12.7. The molecule has 1 N–H and O–H groups in total. The molecule has 0 fully saturated rings. The Morgan fingerprint density at radius 1 is 1.25 bits per heavy atom. The second-order valence-electron chi connectivity index (χ2n) is 4.59. The first-order valence-corrected chi connectivity index (χ1v) is 8.28. The fourth-order valence-electron chi connectivity index (χ4n) is 2.43. The number of aryl methyl sites for hydroxylation is 2. The maximum atomic E-state index is 12.7. The summed E-state index contributed by atoms with van der Waals surface area (Å²) in [5.74, 6) is 0.0338. The van der Waals surface area contributed by atoms with Gasteiger partial charge in [-0.15, -0.1) is 11.3 Å². The molecule has 0 aliphatic heterocycles. The van der Waals surface area contributed by atoms with Crippen molar-refractivity contribution < 1.29 is 37.8 Å². The standard InChI is InChI=1S/C15H14N2O2S.C2H6.CH3.Y/c1-3-17-14-13(20-8-16-14)12(18)11(15(17)19)10-7-5-4-6-9(10)2;1-2;;/h4-8,18H,3H2,1-2H3;1-2H3;1H3;/q;;-1;. The molecule has 24 heavy (non-hydrogen) atoms. The van der Waals surface area contributed by atoms with Gasteiger partial charge in [-0.05, 0) is 25.0 Å². The summed E-state index contributed by atoms with van der Waals surface area (Å²) in [7, 11) is 0. The van der Waals surface area contributed by atoms with Crippen molar-refractivity contribution in [1.29, 1.82) is 0 Å². The van der Waals surface area contributed by atoms with Gasteiger partial charge in [-0.25, -0.2) is 4.98 Å². The second-order valence-corrected chi connectivity index (χ2v) is 5.45. The van der Waals surface area contributed by atoms with Crippen LogP contribution in [0.3, 0.4) is 0 Å². The number of thiazole rings is 1. The summed E-state index contributed by atoms with van der Waals surface area (Å²) in [6.45, 7) is 8.36. The van der Waals surface area contributed by atoms with Crippen LogP contribution in [0.15, 0.2) is 34.6 Å². The molecule has 3 aromatic rings. The van der Waals surface area contributed by atoms with Crippen molar-refractivity contribution >= 4 is 21.7 Å². The third-order valence-corrected chi connectivity index (χ3v) is 4.27. The maximum Gasteiger partial charge on any atom is 0.263 e. The van der Waals surface area contributed by atoms with Gasteiger partial charge in [-0.1, -0.05) is 38.1 Å². The van der Waals surface area contributed by atoms with Gasteiger partial charge in [0.25, 0.3) is 5.56 Å². The molecule has 3 rings (SSSR count). The minimum atomic E-state index is -0.197. The van der Waals surface area contributed by atoms with Crippen molar-refractivity contribution in [1.82, 2.24) is 9.55 Å². The molecule has 0 amide bonds. The van der Waals surface area contributed by atoms with Crippen LogP contribution in [0.25, 0.3) is 21.5 Å². The molecule has 0 atom stereocenters. The van der Waals surface area contributed by atoms with Crippen molar-refractivity contribution in [2.24, 2.45) is 0 Å². The average Bonchev–Trinajstić information content (AvgIpc) is 3.01. The second kappa shape index (κ2) is 10.1. The summed E-state index contributed by atoms with van der Waals surface area (Å²) in [6, 6.07) is 7.58. The van der Waals surface area contributed by atoms with Crippen LogP contribution in [0, 0.1) is 14.4 Å². The van der Waals surface area contributed by atoms with E-state index in [4.69, 9.17) is 0 Å². The van der Waals surface area contributed by atoms with Gasteiger partial charge in [0, 0.05) is 39.3 Å². The van der Waals surface area contributed by atoms with Gasteiger partial charge in [0.05, 0.1) is 11.1 Å². The third-order valence-electron chi connectivity index (χ3n) is 3.45. The van der Waals surface area contributed by atoms with Crippen LogP contribution in [-0.4, -0.2) is 14.7 Å². The molecule has 2 aromatic heterocycles. The number of rotatable bonds is 2. The van der Waals surface area contributed by atoms with Crippen LogP contribution in [0.4, 0.5) is 0 Å². The molecule has 0 spiro atoms. The van der Waals surface area contributed by atoms with E-state index in [1.165, 1.54) is 11.3 Å². The minimum Gasteiger partial charge on any atom is -0.505 e. The molecule has 127 valence electrons. The Labute approximate surface area is 172 Å². The largest absolute Gasteiger partial charge is 0.505 e. The van der Waals surface area contributed by atoms with Crippen LogP contribution >= 0.6 is 11.3 Å². The van der Waals surface area contributed by atoms with E-state index < -0.39 is 0 Å². The topological polar surface area (TPSA) is 55.1 Å². The summed E-state index contributed by atoms with van der Waals surface area (Å²) < 4.78 is 2.26. The zero-order valence-electron chi connectivity index (χ0n) is 14.8. The smallest absolute Gasteiger partial charge is 0.263 e. The molecule has 0 aliphatic rings. The molecule has 0 saturated carbocycles. The number of benzene rings is 1. The van der Waals surface area contributed by atoms with E-state index in [0.717, 1.165) is 11.1 Å². The predicted molar refractivity (Wildman–Crippen MR) is 99.2 cm³/mol. The number of aromatic nitrogens is 2. The van der Waals surface area contributed by atoms with Gasteiger partial charge in [0.15, 0.2) is 5.65 Å². The van der Waals surface area contributed by atoms with E-state index >= 15 is 0 Å². The summed E-state index contributed by atoms with van der Waals surface area (Å²) >= 11 is 1.35. The summed E-state index contributed by atoms with van der Waals surface area (Å²) in [5.41, 5.74) is 4.10. The van der Waals surface area contributed by atoms with Gasteiger partial charge in [0.1, 0.15) is 10.4 Å². The van der Waals surface area contributed by atoms with Crippen molar-refractivity contribution in [2.45, 2.75) is 34.2 Å². The molecule has 0 unspecified atom stereocenters. The Morgan fingerprint density at radius 3 is 2.46 bits per heavy atom. The first-order valence-electron chi connectivity index (χ1n) is 7.40. The number of hydrogen-bond donors (Lipinski definition) is 1. The van der Waals surface area contributed by atoms with Gasteiger partial charge in [-0.2, -0.15) is 0 Å². The van der Waals surface area contributed by atoms with Gasteiger partial charge < -0.3 is 12.5 Å². The normalized spacial score (nSPS) is 9.50. The van der Waals surface area contributed by atoms with Gasteiger partial charge in [-0.3, -0.25) is 9.36 Å². The molecule has 4 nitrogen and oxygen atoms in total. The number of nitrogens with zero attached hydrogens (tertiary/aromatic N) is 2. The summed E-state index contributed by atoms with van der Waals surface area (Å²) in [6.07, 6.45) is 0. The summed E-state index contributed by atoms with van der Waals surface area (Å²) in [5, 5.41) is 10.5. The SMILES string of the molecule is CC.CCn1c(=O)c(-c2ccccc2C)c(O)c2scnc21.[CH3-].[Y]. The molecule has 0 aliphatic carbocycles. The predicted octanol–water partition coefficient (Wildman–Crippen LogP) is 4.63. The van der Waals surface area contributed by atoms with E-state index in [2.05, 4.69) is 4.98 Å². The Kier molecular flexibility index (Phi) is 9.63. The molecule has 1 radical (unpaired) electrons. The average molecular weight is 420 g/mol. The van der Waals surface area contributed by atoms with Crippen molar-refractivity contribution in [3.05, 3.63) is 53.1 Å². The Morgan fingerprint density at radius 2 is 1.88 bits per heavy atom. The third kappa shape index (κ3) is 3.95. The van der Waals surface area contributed by atoms with Gasteiger partial charge in [0.2, 0.25) is 0 Å². The monoisotopic (exact) mass is 420 g/mol. The fourth-order valence-corrected chi connectivity index (χ4v) is 3.17. The van der Waals surface area contributed by atoms with Crippen LogP contribution in [0.5, 0.6) is 5.75 Å². The van der Waals surface area contributed by atoms with Crippen molar-refractivity contribution in [2.75, 3.05) is 0 Å². The molecular weight excluding hydrogens is 397 g/mol. The number of fused-ring (bicyclic) bond motifs is 1. The summed E-state index contributed by atoms with van der Waals surface area (Å²) in [4.78, 5) is 16.8. The Balaban J connectivity index is 0.00000128. The molecule has 0 bridgehead atoms. The fraction of sp³-hybridized carbons (Fsp3) is 0.278. The Bertz CT molecular complexity index is 856. The van der Waals surface area contributed by atoms with E-state index in [1.54, 1.807) is 10.1 Å². The van der Waals surface area contributed by atoms with E-state index in [0.29, 0.717) is 22.5 Å². The number of aromatic hydroxyl groups is 1. The van der Waals surface area contributed by atoms with E-state index in [1.807, 2.05) is 52.0 Å². The van der Waals surface area contributed by atoms with Gasteiger partial charge >= 0.3 is 0 Å². The quantitative estimate of drug-likeness (QED) is 0.615. The van der Waals surface area contributed by atoms with E-state index in [9.17, 15) is 9.90 Å². The molecule has 2 heterocycles. The Hall–Kier alpha value is -1.04. The molecular formula is C18H23N2O2SY-. The zero-order chi connectivity index (χ0) is 16.3. The van der Waals surface area contributed by atoms with Crippen LogP contribution in [0.2, 0.25) is 0 Å². The number of pyridine rings is 1. The first kappa shape index (κ1) is 23.0. The van der Waals surface area contributed by atoms with Crippen molar-refractivity contribution in [3.8, 4) is 16.9 Å². The van der Waals surface area contributed by atoms with E-state index in [-0.39, 0.29) is 51.4 Å². The molecule has 1 aromatic carbocycles. The molecule has 0 saturated heterocycles. The van der Waals surface area contributed by atoms with Crippen molar-refractivity contribution in [3.63, 3.8) is 0 Å². The minimum absolute atomic E-state index is 0. The molecule has 6 heteroatoms.